The Morgan fingerprint density at radius 2 is 2.20 bits per heavy atom. The molecule has 1 aromatic heterocycles. The highest BCUT2D eigenvalue weighted by Crippen LogP contribution is 2.49. The largest absolute Gasteiger partial charge is 0.444 e. The topological polar surface area (TPSA) is 55.8 Å². The van der Waals surface area contributed by atoms with Crippen LogP contribution < -0.4 is 0 Å². The van der Waals surface area contributed by atoms with E-state index in [0.717, 1.165) is 16.7 Å². The Morgan fingerprint density at radius 1 is 1.48 bits per heavy atom. The number of likely N-dealkylation sites (tertiary alicyclic amines) is 1. The van der Waals surface area contributed by atoms with E-state index in [1.54, 1.807) is 4.90 Å². The maximum atomic E-state index is 12.4. The van der Waals surface area contributed by atoms with E-state index in [1.165, 1.54) is 11.3 Å². The molecule has 2 aliphatic heterocycles. The first-order valence-corrected chi connectivity index (χ1v) is 9.77. The van der Waals surface area contributed by atoms with Crippen LogP contribution in [-0.4, -0.2) is 42.1 Å². The first kappa shape index (κ1) is 18.7. The lowest BCUT2D eigenvalue weighted by molar-refractivity contribution is -0.108. The molecule has 3 heterocycles. The molecule has 1 saturated heterocycles. The Morgan fingerprint density at radius 3 is 2.80 bits per heavy atom. The summed E-state index contributed by atoms with van der Waals surface area (Å²) in [5.41, 5.74) is 0.655. The Labute approximate surface area is 157 Å². The molecule has 1 spiro atoms. The summed E-state index contributed by atoms with van der Waals surface area (Å²) in [5.74, 6) is 0. The zero-order chi connectivity index (χ0) is 18.4. The van der Waals surface area contributed by atoms with E-state index in [1.807, 2.05) is 27.7 Å². The van der Waals surface area contributed by atoms with Crippen molar-refractivity contribution in [3.8, 4) is 0 Å². The molecular formula is C18H24ClNO4S. The molecule has 25 heavy (non-hydrogen) atoms. The van der Waals surface area contributed by atoms with Crippen LogP contribution in [0.4, 0.5) is 4.79 Å². The Bertz CT molecular complexity index is 696. The second-order valence-electron chi connectivity index (χ2n) is 7.78. The third kappa shape index (κ3) is 3.44. The van der Waals surface area contributed by atoms with Crippen molar-refractivity contribution in [1.29, 1.82) is 0 Å². The Kier molecular flexibility index (Phi) is 4.90. The number of halogens is 1. The van der Waals surface area contributed by atoms with E-state index in [-0.39, 0.29) is 12.1 Å². The van der Waals surface area contributed by atoms with Gasteiger partial charge >= 0.3 is 6.09 Å². The number of nitrogens with zero attached hydrogens (tertiary/aromatic N) is 1. The predicted molar refractivity (Wildman–Crippen MR) is 97.7 cm³/mol. The van der Waals surface area contributed by atoms with Crippen molar-refractivity contribution in [2.75, 3.05) is 13.2 Å². The smallest absolute Gasteiger partial charge is 0.410 e. The fourth-order valence-corrected chi connectivity index (χ4v) is 5.35. The molecule has 2 atom stereocenters. The summed E-state index contributed by atoms with van der Waals surface area (Å²) >= 11 is 7.72. The van der Waals surface area contributed by atoms with Gasteiger partial charge in [0.05, 0.1) is 6.61 Å². The van der Waals surface area contributed by atoms with E-state index in [0.29, 0.717) is 42.3 Å². The first-order chi connectivity index (χ1) is 11.7. The molecule has 2 aliphatic rings. The molecule has 1 fully saturated rings. The summed E-state index contributed by atoms with van der Waals surface area (Å²) < 4.78 is 12.3. The second kappa shape index (κ2) is 6.56. The van der Waals surface area contributed by atoms with Gasteiger partial charge in [0, 0.05) is 29.4 Å². The molecule has 0 N–H and O–H groups in total. The summed E-state index contributed by atoms with van der Waals surface area (Å²) in [4.78, 5) is 26.7. The van der Waals surface area contributed by atoms with Crippen molar-refractivity contribution in [2.24, 2.45) is 0 Å². The Hall–Kier alpha value is -1.11. The first-order valence-electron chi connectivity index (χ1n) is 8.57. The van der Waals surface area contributed by atoms with Gasteiger partial charge in [0.1, 0.15) is 15.5 Å². The normalized spacial score (nSPS) is 26.4. The van der Waals surface area contributed by atoms with Crippen molar-refractivity contribution < 1.29 is 19.1 Å². The molecule has 3 rings (SSSR count). The number of amides is 1. The number of thiophene rings is 1. The van der Waals surface area contributed by atoms with Crippen molar-refractivity contribution in [3.05, 3.63) is 20.3 Å². The van der Waals surface area contributed by atoms with Crippen molar-refractivity contribution in [2.45, 2.75) is 64.2 Å². The van der Waals surface area contributed by atoms with Crippen LogP contribution in [0.25, 0.3) is 0 Å². The van der Waals surface area contributed by atoms with Gasteiger partial charge in [-0.05, 0) is 46.1 Å². The average molecular weight is 386 g/mol. The van der Waals surface area contributed by atoms with E-state index < -0.39 is 11.2 Å². The Balaban J connectivity index is 1.84. The van der Waals surface area contributed by atoms with Crippen LogP contribution in [0.5, 0.6) is 0 Å². The van der Waals surface area contributed by atoms with Crippen LogP contribution in [0.2, 0.25) is 4.34 Å². The van der Waals surface area contributed by atoms with Gasteiger partial charge in [0.15, 0.2) is 6.29 Å². The van der Waals surface area contributed by atoms with Crippen molar-refractivity contribution in [1.82, 2.24) is 4.90 Å². The van der Waals surface area contributed by atoms with Crippen LogP contribution in [-0.2, 0) is 21.5 Å². The zero-order valence-electron chi connectivity index (χ0n) is 15.1. The summed E-state index contributed by atoms with van der Waals surface area (Å²) in [6, 6.07) is -0.0184. The molecule has 1 aromatic rings. The molecule has 5 nitrogen and oxygen atoms in total. The van der Waals surface area contributed by atoms with Crippen LogP contribution in [0.3, 0.4) is 0 Å². The lowest BCUT2D eigenvalue weighted by Crippen LogP contribution is -2.53. The van der Waals surface area contributed by atoms with Gasteiger partial charge < -0.3 is 14.4 Å². The molecule has 0 saturated carbocycles. The van der Waals surface area contributed by atoms with Crippen LogP contribution in [0.1, 0.15) is 61.3 Å². The van der Waals surface area contributed by atoms with Gasteiger partial charge in [-0.15, -0.1) is 11.3 Å². The van der Waals surface area contributed by atoms with Gasteiger partial charge in [-0.2, -0.15) is 0 Å². The molecule has 0 aromatic carbocycles. The average Bonchev–Trinajstić information content (AvgIpc) is 2.82. The highest BCUT2D eigenvalue weighted by atomic mass is 35.5. The zero-order valence-corrected chi connectivity index (χ0v) is 16.6. The molecule has 2 unspecified atom stereocenters. The molecule has 0 bridgehead atoms. The van der Waals surface area contributed by atoms with Crippen LogP contribution >= 0.6 is 22.9 Å². The third-order valence-corrected chi connectivity index (χ3v) is 6.46. The number of carbonyl (C=O) groups is 2. The number of piperidine rings is 1. The molecular weight excluding hydrogens is 362 g/mol. The van der Waals surface area contributed by atoms with Crippen molar-refractivity contribution in [3.63, 3.8) is 0 Å². The molecule has 138 valence electrons. The number of rotatable bonds is 1. The fraction of sp³-hybridized carbons (Fsp3) is 0.667. The fourth-order valence-electron chi connectivity index (χ4n) is 3.73. The molecule has 1 amide bonds. The van der Waals surface area contributed by atoms with Crippen LogP contribution in [0.15, 0.2) is 0 Å². The van der Waals surface area contributed by atoms with Gasteiger partial charge in [0.25, 0.3) is 0 Å². The number of hydrogen-bond donors (Lipinski definition) is 0. The lowest BCUT2D eigenvalue weighted by Gasteiger charge is -2.46. The molecule has 0 aliphatic carbocycles. The SMILES string of the molecule is CC1CC2(CCN1C(=O)OC(C)(C)C)OCCc1c2sc(Cl)c1C=O. The highest BCUT2D eigenvalue weighted by molar-refractivity contribution is 7.17. The van der Waals surface area contributed by atoms with Gasteiger partial charge in [0.2, 0.25) is 0 Å². The lowest BCUT2D eigenvalue weighted by atomic mass is 9.81. The van der Waals surface area contributed by atoms with Gasteiger partial charge in [-0.25, -0.2) is 4.79 Å². The summed E-state index contributed by atoms with van der Waals surface area (Å²) in [5, 5.41) is 0. The van der Waals surface area contributed by atoms with E-state index >= 15 is 0 Å². The number of hydrogen-bond acceptors (Lipinski definition) is 5. The maximum absolute atomic E-state index is 12.4. The van der Waals surface area contributed by atoms with Gasteiger partial charge in [-0.3, -0.25) is 4.79 Å². The van der Waals surface area contributed by atoms with Crippen LogP contribution in [0, 0.1) is 0 Å². The predicted octanol–water partition coefficient (Wildman–Crippen LogP) is 4.40. The minimum absolute atomic E-state index is 0.0184. The highest BCUT2D eigenvalue weighted by Gasteiger charge is 2.47. The third-order valence-electron chi connectivity index (χ3n) is 4.81. The minimum Gasteiger partial charge on any atom is -0.444 e. The van der Waals surface area contributed by atoms with E-state index in [4.69, 9.17) is 21.1 Å². The van der Waals surface area contributed by atoms with E-state index in [2.05, 4.69) is 0 Å². The second-order valence-corrected chi connectivity index (χ2v) is 9.41. The number of fused-ring (bicyclic) bond motifs is 2. The number of carbonyl (C=O) groups excluding carboxylic acids is 2. The molecule has 7 heteroatoms. The van der Waals surface area contributed by atoms with Gasteiger partial charge in [-0.1, -0.05) is 11.6 Å². The van der Waals surface area contributed by atoms with E-state index in [9.17, 15) is 9.59 Å². The van der Waals surface area contributed by atoms with Crippen molar-refractivity contribution >= 4 is 35.3 Å². The minimum atomic E-state index is -0.513. The summed E-state index contributed by atoms with van der Waals surface area (Å²) in [6.45, 7) is 8.74. The molecule has 0 radical (unpaired) electrons. The number of ether oxygens (including phenoxy) is 2. The summed E-state index contributed by atoms with van der Waals surface area (Å²) in [7, 11) is 0. The quantitative estimate of drug-likeness (QED) is 0.672. The monoisotopic (exact) mass is 385 g/mol. The summed E-state index contributed by atoms with van der Waals surface area (Å²) in [6.07, 6.45) is 2.62. The maximum Gasteiger partial charge on any atom is 0.410 e. The number of aldehydes is 1. The standard InChI is InChI=1S/C18H24ClNO4S/c1-11-9-18(6-7-20(11)16(22)24-17(2,3)4)14-12(5-8-23-18)13(10-21)15(19)25-14/h10-11H,5-9H2,1-4H3.